The standard InChI is InChI=1S/C17H18N4/c1-2-12-5-3-9-19-16(12)11-21-15-8-7-14(18)17-13(15)6-4-10-20-17/h3-10,21H,2,11,18H2,1H3. The first-order chi connectivity index (χ1) is 10.3. The Hall–Kier alpha value is -2.62. The van der Waals surface area contributed by atoms with Crippen LogP contribution in [0.5, 0.6) is 0 Å². The highest BCUT2D eigenvalue weighted by molar-refractivity contribution is 5.98. The molecule has 0 unspecified atom stereocenters. The van der Waals surface area contributed by atoms with Gasteiger partial charge in [-0.3, -0.25) is 9.97 Å². The van der Waals surface area contributed by atoms with Crippen LogP contribution < -0.4 is 11.1 Å². The Bertz CT molecular complexity index is 768. The normalized spacial score (nSPS) is 10.7. The lowest BCUT2D eigenvalue weighted by Gasteiger charge is -2.12. The number of nitrogens with zero attached hydrogens (tertiary/aromatic N) is 2. The van der Waals surface area contributed by atoms with Crippen LogP contribution in [0.2, 0.25) is 0 Å². The second-order valence-electron chi connectivity index (χ2n) is 4.92. The molecule has 0 fully saturated rings. The summed E-state index contributed by atoms with van der Waals surface area (Å²) in [7, 11) is 0. The van der Waals surface area contributed by atoms with E-state index in [4.69, 9.17) is 5.73 Å². The van der Waals surface area contributed by atoms with Gasteiger partial charge in [0, 0.05) is 23.5 Å². The first-order valence-corrected chi connectivity index (χ1v) is 7.09. The van der Waals surface area contributed by atoms with E-state index < -0.39 is 0 Å². The third kappa shape index (κ3) is 2.65. The van der Waals surface area contributed by atoms with Crippen molar-refractivity contribution in [2.75, 3.05) is 11.1 Å². The lowest BCUT2D eigenvalue weighted by atomic mass is 10.1. The molecule has 0 amide bonds. The van der Waals surface area contributed by atoms with E-state index in [0.717, 1.165) is 28.7 Å². The molecule has 0 aliphatic heterocycles. The Balaban J connectivity index is 1.91. The van der Waals surface area contributed by atoms with Crippen LogP contribution in [0.3, 0.4) is 0 Å². The number of nitrogen functional groups attached to an aromatic ring is 1. The number of nitrogens with one attached hydrogen (secondary N) is 1. The van der Waals surface area contributed by atoms with Crippen LogP contribution in [-0.4, -0.2) is 9.97 Å². The largest absolute Gasteiger partial charge is 0.397 e. The van der Waals surface area contributed by atoms with E-state index >= 15 is 0 Å². The van der Waals surface area contributed by atoms with Crippen LogP contribution in [0.15, 0.2) is 48.8 Å². The molecule has 0 spiro atoms. The summed E-state index contributed by atoms with van der Waals surface area (Å²) < 4.78 is 0. The van der Waals surface area contributed by atoms with E-state index in [1.54, 1.807) is 6.20 Å². The van der Waals surface area contributed by atoms with Crippen LogP contribution in [0.1, 0.15) is 18.2 Å². The van der Waals surface area contributed by atoms with Gasteiger partial charge in [-0.1, -0.05) is 13.0 Å². The number of aryl methyl sites for hydroxylation is 1. The first-order valence-electron chi connectivity index (χ1n) is 7.09. The fourth-order valence-electron chi connectivity index (χ4n) is 2.48. The summed E-state index contributed by atoms with van der Waals surface area (Å²) >= 11 is 0. The van der Waals surface area contributed by atoms with Gasteiger partial charge in [-0.2, -0.15) is 0 Å². The Morgan fingerprint density at radius 1 is 1.05 bits per heavy atom. The van der Waals surface area contributed by atoms with Crippen molar-refractivity contribution in [3.63, 3.8) is 0 Å². The molecule has 3 rings (SSSR count). The van der Waals surface area contributed by atoms with Gasteiger partial charge in [0.1, 0.15) is 0 Å². The molecule has 0 aliphatic carbocycles. The highest BCUT2D eigenvalue weighted by Crippen LogP contribution is 2.26. The molecule has 4 nitrogen and oxygen atoms in total. The van der Waals surface area contributed by atoms with Crippen molar-refractivity contribution in [3.8, 4) is 0 Å². The van der Waals surface area contributed by atoms with Gasteiger partial charge in [0.2, 0.25) is 0 Å². The summed E-state index contributed by atoms with van der Waals surface area (Å²) in [5.74, 6) is 0. The first kappa shape index (κ1) is 13.4. The molecule has 0 radical (unpaired) electrons. The van der Waals surface area contributed by atoms with Gasteiger partial charge in [-0.25, -0.2) is 0 Å². The minimum atomic E-state index is 0.692. The van der Waals surface area contributed by atoms with E-state index in [-0.39, 0.29) is 0 Å². The van der Waals surface area contributed by atoms with Crippen LogP contribution >= 0.6 is 0 Å². The van der Waals surface area contributed by atoms with Crippen molar-refractivity contribution in [2.24, 2.45) is 0 Å². The molecule has 0 bridgehead atoms. The lowest BCUT2D eigenvalue weighted by Crippen LogP contribution is -2.05. The number of benzene rings is 1. The number of hydrogen-bond acceptors (Lipinski definition) is 4. The number of anilines is 2. The van der Waals surface area contributed by atoms with Crippen molar-refractivity contribution >= 4 is 22.3 Å². The number of rotatable bonds is 4. The average molecular weight is 278 g/mol. The molecule has 0 aliphatic rings. The van der Waals surface area contributed by atoms with Gasteiger partial charge in [-0.05, 0) is 42.3 Å². The Morgan fingerprint density at radius 3 is 2.71 bits per heavy atom. The second kappa shape index (κ2) is 5.79. The third-order valence-electron chi connectivity index (χ3n) is 3.61. The zero-order valence-corrected chi connectivity index (χ0v) is 12.0. The predicted molar refractivity (Wildman–Crippen MR) is 87.1 cm³/mol. The maximum atomic E-state index is 5.98. The number of nitrogens with two attached hydrogens (primary N) is 1. The van der Waals surface area contributed by atoms with Crippen LogP contribution in [0.25, 0.3) is 10.9 Å². The second-order valence-corrected chi connectivity index (χ2v) is 4.92. The quantitative estimate of drug-likeness (QED) is 0.718. The van der Waals surface area contributed by atoms with Crippen molar-refractivity contribution in [1.82, 2.24) is 9.97 Å². The van der Waals surface area contributed by atoms with Gasteiger partial charge >= 0.3 is 0 Å². The van der Waals surface area contributed by atoms with Gasteiger partial charge in [-0.15, -0.1) is 0 Å². The SMILES string of the molecule is CCc1cccnc1CNc1ccc(N)c2ncccc12. The predicted octanol–water partition coefficient (Wildman–Crippen LogP) is 3.39. The van der Waals surface area contributed by atoms with Crippen LogP contribution in [0.4, 0.5) is 11.4 Å². The summed E-state index contributed by atoms with van der Waals surface area (Å²) in [5.41, 5.74) is 10.9. The molecule has 2 aromatic heterocycles. The molecular formula is C17H18N4. The van der Waals surface area contributed by atoms with Gasteiger partial charge < -0.3 is 11.1 Å². The van der Waals surface area contributed by atoms with Crippen molar-refractivity contribution < 1.29 is 0 Å². The molecule has 21 heavy (non-hydrogen) atoms. The van der Waals surface area contributed by atoms with Crippen LogP contribution in [0, 0.1) is 0 Å². The summed E-state index contributed by atoms with van der Waals surface area (Å²) in [6, 6.07) is 11.9. The van der Waals surface area contributed by atoms with E-state index in [1.807, 2.05) is 36.5 Å². The Kier molecular flexibility index (Phi) is 3.69. The van der Waals surface area contributed by atoms with Crippen LogP contribution in [-0.2, 0) is 13.0 Å². The van der Waals surface area contributed by atoms with Gasteiger partial charge in [0.15, 0.2) is 0 Å². The molecule has 1 aromatic carbocycles. The number of hydrogen-bond donors (Lipinski definition) is 2. The topological polar surface area (TPSA) is 63.8 Å². The minimum absolute atomic E-state index is 0.692. The Morgan fingerprint density at radius 2 is 1.86 bits per heavy atom. The number of fused-ring (bicyclic) bond motifs is 1. The highest BCUT2D eigenvalue weighted by atomic mass is 14.9. The zero-order chi connectivity index (χ0) is 14.7. The Labute approximate surface area is 124 Å². The molecule has 3 N–H and O–H groups in total. The van der Waals surface area contributed by atoms with Crippen molar-refractivity contribution in [1.29, 1.82) is 0 Å². The molecular weight excluding hydrogens is 260 g/mol. The summed E-state index contributed by atoms with van der Waals surface area (Å²) in [5, 5.41) is 4.48. The fourth-order valence-corrected chi connectivity index (χ4v) is 2.48. The molecule has 0 saturated heterocycles. The van der Waals surface area contributed by atoms with Crippen molar-refractivity contribution in [2.45, 2.75) is 19.9 Å². The molecule has 106 valence electrons. The summed E-state index contributed by atoms with van der Waals surface area (Å²) in [4.78, 5) is 8.81. The minimum Gasteiger partial charge on any atom is -0.397 e. The van der Waals surface area contributed by atoms with E-state index in [2.05, 4.69) is 28.3 Å². The molecule has 2 heterocycles. The third-order valence-corrected chi connectivity index (χ3v) is 3.61. The maximum Gasteiger partial charge on any atom is 0.0951 e. The molecule has 0 atom stereocenters. The number of pyridine rings is 2. The molecule has 3 aromatic rings. The smallest absolute Gasteiger partial charge is 0.0951 e. The average Bonchev–Trinajstić information content (AvgIpc) is 2.55. The summed E-state index contributed by atoms with van der Waals surface area (Å²) in [6.07, 6.45) is 4.57. The van der Waals surface area contributed by atoms with Gasteiger partial charge in [0.05, 0.1) is 23.4 Å². The molecule has 0 saturated carbocycles. The summed E-state index contributed by atoms with van der Waals surface area (Å²) in [6.45, 7) is 2.83. The van der Waals surface area contributed by atoms with E-state index in [1.165, 1.54) is 5.56 Å². The number of aromatic nitrogens is 2. The zero-order valence-electron chi connectivity index (χ0n) is 12.0. The van der Waals surface area contributed by atoms with Crippen molar-refractivity contribution in [3.05, 3.63) is 60.0 Å². The maximum absolute atomic E-state index is 5.98. The monoisotopic (exact) mass is 278 g/mol. The highest BCUT2D eigenvalue weighted by Gasteiger charge is 2.06. The molecule has 4 heteroatoms. The van der Waals surface area contributed by atoms with Gasteiger partial charge in [0.25, 0.3) is 0 Å². The van der Waals surface area contributed by atoms with E-state index in [9.17, 15) is 0 Å². The van der Waals surface area contributed by atoms with E-state index in [0.29, 0.717) is 12.2 Å². The lowest BCUT2D eigenvalue weighted by molar-refractivity contribution is 0.973. The fraction of sp³-hybridized carbons (Fsp3) is 0.176.